The quantitative estimate of drug-likeness (QED) is 0.566. The molecule has 2 aromatic carbocycles. The second-order valence-corrected chi connectivity index (χ2v) is 6.93. The number of fused-ring (bicyclic) bond motifs is 1. The second-order valence-electron chi connectivity index (χ2n) is 6.93. The fraction of sp³-hybridized carbons (Fsp3) is 0.364. The number of rotatable bonds is 9. The first-order chi connectivity index (χ1) is 14.0. The van der Waals surface area contributed by atoms with Crippen molar-refractivity contribution >= 4 is 16.9 Å². The van der Waals surface area contributed by atoms with Crippen molar-refractivity contribution in [3.8, 4) is 0 Å². The smallest absolute Gasteiger partial charge is 0.295 e. The van der Waals surface area contributed by atoms with Crippen LogP contribution < -0.4 is 5.32 Å². The maximum Gasteiger partial charge on any atom is 0.295 e. The van der Waals surface area contributed by atoms with Crippen molar-refractivity contribution in [2.24, 2.45) is 0 Å². The van der Waals surface area contributed by atoms with Crippen LogP contribution in [0.25, 0.3) is 11.0 Å². The molecule has 5 nitrogen and oxygen atoms in total. The predicted octanol–water partition coefficient (Wildman–Crippen LogP) is 4.18. The lowest BCUT2D eigenvalue weighted by Gasteiger charge is -2.30. The highest BCUT2D eigenvalue weighted by molar-refractivity contribution is 5.97. The summed E-state index contributed by atoms with van der Waals surface area (Å²) in [5.41, 5.74) is 2.48. The van der Waals surface area contributed by atoms with Gasteiger partial charge in [0.25, 0.3) is 12.3 Å². The molecule has 1 atom stereocenters. The van der Waals surface area contributed by atoms with Crippen LogP contribution in [0.15, 0.2) is 48.5 Å². The molecule has 3 aromatic rings. The molecule has 0 aliphatic rings. The zero-order valence-corrected chi connectivity index (χ0v) is 16.7. The van der Waals surface area contributed by atoms with Gasteiger partial charge in [-0.15, -0.1) is 0 Å². The summed E-state index contributed by atoms with van der Waals surface area (Å²) in [6, 6.07) is 15.1. The van der Waals surface area contributed by atoms with Crippen molar-refractivity contribution < 1.29 is 13.6 Å². The number of imidazole rings is 1. The molecule has 0 aliphatic carbocycles. The van der Waals surface area contributed by atoms with Crippen LogP contribution in [0.5, 0.6) is 0 Å². The Morgan fingerprint density at radius 3 is 2.52 bits per heavy atom. The average molecular weight is 400 g/mol. The molecule has 0 saturated heterocycles. The normalized spacial score (nSPS) is 12.6. The number of alkyl halides is 2. The van der Waals surface area contributed by atoms with Crippen molar-refractivity contribution in [1.82, 2.24) is 20.2 Å². The van der Waals surface area contributed by atoms with E-state index in [4.69, 9.17) is 0 Å². The van der Waals surface area contributed by atoms with Crippen LogP contribution >= 0.6 is 0 Å². The lowest BCUT2D eigenvalue weighted by Crippen LogP contribution is -2.45. The van der Waals surface area contributed by atoms with Gasteiger partial charge in [0.15, 0.2) is 5.82 Å². The summed E-state index contributed by atoms with van der Waals surface area (Å²) < 4.78 is 25.6. The molecule has 0 aliphatic heterocycles. The van der Waals surface area contributed by atoms with E-state index in [2.05, 4.69) is 46.2 Å². The Bertz CT molecular complexity index is 938. The first-order valence-corrected chi connectivity index (χ1v) is 9.85. The minimum atomic E-state index is -2.67. The number of aromatic nitrogens is 2. The zero-order valence-electron chi connectivity index (χ0n) is 16.7. The molecule has 1 amide bonds. The van der Waals surface area contributed by atoms with Crippen LogP contribution in [-0.4, -0.2) is 46.5 Å². The van der Waals surface area contributed by atoms with E-state index >= 15 is 0 Å². The van der Waals surface area contributed by atoms with Gasteiger partial charge in [0.1, 0.15) is 0 Å². The molecule has 1 unspecified atom stereocenters. The van der Waals surface area contributed by atoms with E-state index in [-0.39, 0.29) is 17.8 Å². The molecule has 0 saturated carbocycles. The van der Waals surface area contributed by atoms with Gasteiger partial charge in [-0.2, -0.15) is 0 Å². The number of carbonyl (C=O) groups excluding carboxylic acids is 1. The number of amides is 1. The standard InChI is InChI=1S/C22H26F2N4O/c1-3-28(4-2)17(12-15-8-6-5-7-9-15)14-25-22(29)16-10-11-18-19(13-16)27-21(26-18)20(23)24/h5-11,13,17,20H,3-4,12,14H2,1-2H3,(H,25,29)(H,26,27). The highest BCUT2D eigenvalue weighted by Crippen LogP contribution is 2.20. The first kappa shape index (κ1) is 20.9. The predicted molar refractivity (Wildman–Crippen MR) is 110 cm³/mol. The number of likely N-dealkylation sites (N-methyl/N-ethyl adjacent to an activating group) is 1. The summed E-state index contributed by atoms with van der Waals surface area (Å²) in [6.07, 6.45) is -1.84. The Balaban J connectivity index is 1.71. The molecule has 0 spiro atoms. The van der Waals surface area contributed by atoms with Crippen LogP contribution in [0.4, 0.5) is 8.78 Å². The summed E-state index contributed by atoms with van der Waals surface area (Å²) in [4.78, 5) is 21.4. The number of carbonyl (C=O) groups is 1. The van der Waals surface area contributed by atoms with Gasteiger partial charge in [0, 0.05) is 18.2 Å². The Labute approximate surface area is 169 Å². The van der Waals surface area contributed by atoms with Crippen molar-refractivity contribution in [2.75, 3.05) is 19.6 Å². The summed E-state index contributed by atoms with van der Waals surface area (Å²) in [5.74, 6) is -0.618. The minimum Gasteiger partial charge on any atom is -0.350 e. The Hall–Kier alpha value is -2.80. The SMILES string of the molecule is CCN(CC)C(CNC(=O)c1ccc2nc(C(F)F)[nH]c2c1)Cc1ccccc1. The second kappa shape index (κ2) is 9.60. The number of benzene rings is 2. The highest BCUT2D eigenvalue weighted by Gasteiger charge is 2.19. The maximum absolute atomic E-state index is 12.8. The third-order valence-electron chi connectivity index (χ3n) is 5.11. The Kier molecular flexibility index (Phi) is 6.93. The molecule has 0 radical (unpaired) electrons. The van der Waals surface area contributed by atoms with Crippen molar-refractivity contribution in [3.05, 3.63) is 65.5 Å². The van der Waals surface area contributed by atoms with E-state index in [1.54, 1.807) is 18.2 Å². The molecule has 7 heteroatoms. The molecule has 0 bridgehead atoms. The number of H-pyrrole nitrogens is 1. The molecular weight excluding hydrogens is 374 g/mol. The Morgan fingerprint density at radius 2 is 1.86 bits per heavy atom. The van der Waals surface area contributed by atoms with E-state index in [9.17, 15) is 13.6 Å². The molecule has 29 heavy (non-hydrogen) atoms. The fourth-order valence-corrected chi connectivity index (χ4v) is 3.54. The molecule has 2 N–H and O–H groups in total. The topological polar surface area (TPSA) is 61.0 Å². The average Bonchev–Trinajstić information content (AvgIpc) is 3.17. The van der Waals surface area contributed by atoms with Gasteiger partial charge in [0.05, 0.1) is 11.0 Å². The monoisotopic (exact) mass is 400 g/mol. The van der Waals surface area contributed by atoms with E-state index in [0.29, 0.717) is 23.1 Å². The van der Waals surface area contributed by atoms with Gasteiger partial charge in [0.2, 0.25) is 0 Å². The van der Waals surface area contributed by atoms with Gasteiger partial charge >= 0.3 is 0 Å². The summed E-state index contributed by atoms with van der Waals surface area (Å²) >= 11 is 0. The number of hydrogen-bond donors (Lipinski definition) is 2. The van der Waals surface area contributed by atoms with Gasteiger partial charge < -0.3 is 10.3 Å². The van der Waals surface area contributed by atoms with E-state index < -0.39 is 6.43 Å². The summed E-state index contributed by atoms with van der Waals surface area (Å²) in [6.45, 7) is 6.49. The molecule has 3 rings (SSSR count). The number of nitrogens with one attached hydrogen (secondary N) is 2. The number of halogens is 2. The molecular formula is C22H26F2N4O. The van der Waals surface area contributed by atoms with Crippen molar-refractivity contribution in [2.45, 2.75) is 32.7 Å². The van der Waals surface area contributed by atoms with Crippen molar-refractivity contribution in [3.63, 3.8) is 0 Å². The van der Waals surface area contributed by atoms with Gasteiger partial charge in [-0.25, -0.2) is 13.8 Å². The summed E-state index contributed by atoms with van der Waals surface area (Å²) in [7, 11) is 0. The summed E-state index contributed by atoms with van der Waals surface area (Å²) in [5, 5.41) is 3.00. The van der Waals surface area contributed by atoms with Crippen LogP contribution in [0.1, 0.15) is 42.0 Å². The largest absolute Gasteiger partial charge is 0.350 e. The van der Waals surface area contributed by atoms with Gasteiger partial charge in [-0.1, -0.05) is 44.2 Å². The van der Waals surface area contributed by atoms with Crippen LogP contribution in [0.3, 0.4) is 0 Å². The van der Waals surface area contributed by atoms with E-state index in [1.807, 2.05) is 18.2 Å². The molecule has 1 aromatic heterocycles. The number of hydrogen-bond acceptors (Lipinski definition) is 3. The Morgan fingerprint density at radius 1 is 1.14 bits per heavy atom. The number of nitrogens with zero attached hydrogens (tertiary/aromatic N) is 2. The van der Waals surface area contributed by atoms with Crippen molar-refractivity contribution in [1.29, 1.82) is 0 Å². The van der Waals surface area contributed by atoms with Gasteiger partial charge in [-0.3, -0.25) is 9.69 Å². The zero-order chi connectivity index (χ0) is 20.8. The molecule has 1 heterocycles. The van der Waals surface area contributed by atoms with Crippen LogP contribution in [0.2, 0.25) is 0 Å². The van der Waals surface area contributed by atoms with Crippen LogP contribution in [-0.2, 0) is 6.42 Å². The first-order valence-electron chi connectivity index (χ1n) is 9.85. The van der Waals surface area contributed by atoms with E-state index in [0.717, 1.165) is 19.5 Å². The third kappa shape index (κ3) is 5.17. The minimum absolute atomic E-state index is 0.165. The molecule has 0 fully saturated rings. The third-order valence-corrected chi connectivity index (χ3v) is 5.11. The van der Waals surface area contributed by atoms with Crippen LogP contribution in [0, 0.1) is 0 Å². The lowest BCUT2D eigenvalue weighted by molar-refractivity contribution is 0.0934. The fourth-order valence-electron chi connectivity index (χ4n) is 3.54. The highest BCUT2D eigenvalue weighted by atomic mass is 19.3. The molecule has 154 valence electrons. The number of aromatic amines is 1. The van der Waals surface area contributed by atoms with E-state index in [1.165, 1.54) is 5.56 Å². The van der Waals surface area contributed by atoms with Gasteiger partial charge in [-0.05, 0) is 43.3 Å². The lowest BCUT2D eigenvalue weighted by atomic mass is 10.0. The maximum atomic E-state index is 12.8.